The fourth-order valence-electron chi connectivity index (χ4n) is 6.42. The van der Waals surface area contributed by atoms with Crippen LogP contribution in [-0.4, -0.2) is 9.13 Å². The van der Waals surface area contributed by atoms with E-state index in [1.165, 1.54) is 66.8 Å². The Balaban J connectivity index is 1.17. The zero-order valence-electron chi connectivity index (χ0n) is 22.2. The largest absolute Gasteiger partial charge is 0.310 e. The first-order valence-electron chi connectivity index (χ1n) is 14.0. The highest BCUT2D eigenvalue weighted by Gasteiger charge is 2.18. The number of hydrogen-bond acceptors (Lipinski definition) is 0. The molecule has 2 nitrogen and oxygen atoms in total. The van der Waals surface area contributed by atoms with Crippen molar-refractivity contribution >= 4 is 34.0 Å². The highest BCUT2D eigenvalue weighted by molar-refractivity contribution is 5.92. The molecule has 0 saturated carbocycles. The third-order valence-corrected chi connectivity index (χ3v) is 8.27. The molecule has 2 aliphatic rings. The molecule has 0 spiro atoms. The summed E-state index contributed by atoms with van der Waals surface area (Å²) in [5.74, 6) is 0. The molecule has 6 aromatic rings. The normalized spacial score (nSPS) is 13.9. The van der Waals surface area contributed by atoms with Gasteiger partial charge in [-0.1, -0.05) is 97.1 Å². The molecule has 0 saturated heterocycles. The van der Waals surface area contributed by atoms with Crippen molar-refractivity contribution in [1.82, 2.24) is 9.13 Å². The SMILES string of the molecule is C1=CCc2c(n(-c3ccc(-c4ccc(-n5c6c(c7ccccc75)CC=CC=C6)cc4)cc3)c3ccccc23)C=C1. The molecule has 40 heavy (non-hydrogen) atoms. The number of benzene rings is 4. The van der Waals surface area contributed by atoms with Crippen LogP contribution >= 0.6 is 0 Å². The van der Waals surface area contributed by atoms with E-state index in [1.807, 2.05) is 0 Å². The molecular weight excluding hydrogens is 484 g/mol. The Kier molecular flexibility index (Phi) is 5.31. The molecule has 0 fully saturated rings. The third-order valence-electron chi connectivity index (χ3n) is 8.27. The first kappa shape index (κ1) is 22.9. The van der Waals surface area contributed by atoms with Crippen molar-refractivity contribution in [2.75, 3.05) is 0 Å². The topological polar surface area (TPSA) is 9.86 Å². The first-order valence-corrected chi connectivity index (χ1v) is 14.0. The van der Waals surface area contributed by atoms with Gasteiger partial charge in [0.25, 0.3) is 0 Å². The number of aromatic nitrogens is 2. The van der Waals surface area contributed by atoms with E-state index in [4.69, 9.17) is 0 Å². The Morgan fingerprint density at radius 1 is 0.425 bits per heavy atom. The van der Waals surface area contributed by atoms with Crippen molar-refractivity contribution in [2.24, 2.45) is 0 Å². The number of rotatable bonds is 3. The van der Waals surface area contributed by atoms with E-state index in [-0.39, 0.29) is 0 Å². The van der Waals surface area contributed by atoms with Crippen LogP contribution in [-0.2, 0) is 12.8 Å². The molecule has 2 heteroatoms. The van der Waals surface area contributed by atoms with Crippen molar-refractivity contribution in [3.05, 3.63) is 156 Å². The smallest absolute Gasteiger partial charge is 0.0537 e. The van der Waals surface area contributed by atoms with Gasteiger partial charge in [0.05, 0.1) is 22.4 Å². The van der Waals surface area contributed by atoms with Crippen LogP contribution in [0.2, 0.25) is 0 Å². The second kappa shape index (κ2) is 9.29. The van der Waals surface area contributed by atoms with Crippen LogP contribution in [0, 0.1) is 0 Å². The molecule has 0 aliphatic heterocycles. The third kappa shape index (κ3) is 3.57. The number of hydrogen-bond donors (Lipinski definition) is 0. The van der Waals surface area contributed by atoms with Gasteiger partial charge in [0.15, 0.2) is 0 Å². The standard InChI is InChI=1S/C38H28N2/c1-3-11-31-33-13-7-9-17-37(33)39(35(31)15-5-1)29-23-19-27(20-24-29)28-21-25-30(26-22-28)40-36-16-6-2-4-12-32(36)34-14-8-10-18-38(34)40/h1-10,13-26H,11-12H2. The van der Waals surface area contributed by atoms with Crippen LogP contribution in [0.15, 0.2) is 134 Å². The summed E-state index contributed by atoms with van der Waals surface area (Å²) in [6.07, 6.45) is 19.5. The molecule has 0 bridgehead atoms. The number of allylic oxidation sites excluding steroid dienone is 6. The Labute approximate surface area is 234 Å². The average Bonchev–Trinajstić information content (AvgIpc) is 3.21. The summed E-state index contributed by atoms with van der Waals surface area (Å²) in [5.41, 5.74) is 12.6. The molecule has 0 unspecified atom stereocenters. The second-order valence-corrected chi connectivity index (χ2v) is 10.5. The van der Waals surface area contributed by atoms with E-state index in [1.54, 1.807) is 0 Å². The van der Waals surface area contributed by atoms with Gasteiger partial charge in [-0.3, -0.25) is 0 Å². The van der Waals surface area contributed by atoms with Crippen LogP contribution < -0.4 is 0 Å². The molecule has 0 N–H and O–H groups in total. The van der Waals surface area contributed by atoms with E-state index >= 15 is 0 Å². The van der Waals surface area contributed by atoms with Gasteiger partial charge in [0.1, 0.15) is 0 Å². The van der Waals surface area contributed by atoms with Crippen LogP contribution in [0.5, 0.6) is 0 Å². The summed E-state index contributed by atoms with van der Waals surface area (Å²) in [5, 5.41) is 2.66. The quantitative estimate of drug-likeness (QED) is 0.223. The lowest BCUT2D eigenvalue weighted by Gasteiger charge is -2.12. The van der Waals surface area contributed by atoms with E-state index in [9.17, 15) is 0 Å². The summed E-state index contributed by atoms with van der Waals surface area (Å²) in [4.78, 5) is 0. The predicted octanol–water partition coefficient (Wildman–Crippen LogP) is 9.49. The van der Waals surface area contributed by atoms with Crippen molar-refractivity contribution in [1.29, 1.82) is 0 Å². The molecule has 190 valence electrons. The van der Waals surface area contributed by atoms with Crippen LogP contribution in [0.1, 0.15) is 22.5 Å². The highest BCUT2D eigenvalue weighted by atomic mass is 15.0. The summed E-state index contributed by atoms with van der Waals surface area (Å²) in [6, 6.07) is 35.5. The zero-order chi connectivity index (χ0) is 26.5. The first-order chi connectivity index (χ1) is 19.9. The molecule has 2 heterocycles. The van der Waals surface area contributed by atoms with Gasteiger partial charge in [-0.25, -0.2) is 0 Å². The number of fused-ring (bicyclic) bond motifs is 6. The van der Waals surface area contributed by atoms with E-state index in [2.05, 4.69) is 155 Å². The van der Waals surface area contributed by atoms with Gasteiger partial charge >= 0.3 is 0 Å². The van der Waals surface area contributed by atoms with Gasteiger partial charge in [-0.2, -0.15) is 0 Å². The minimum atomic E-state index is 0.951. The van der Waals surface area contributed by atoms with Gasteiger partial charge in [-0.05, 0) is 83.6 Å². The van der Waals surface area contributed by atoms with Crippen LogP contribution in [0.4, 0.5) is 0 Å². The zero-order valence-corrected chi connectivity index (χ0v) is 22.2. The van der Waals surface area contributed by atoms with E-state index in [0.717, 1.165) is 12.8 Å². The van der Waals surface area contributed by atoms with Crippen LogP contribution in [0.25, 0.3) is 56.5 Å². The Morgan fingerprint density at radius 3 is 1.30 bits per heavy atom. The summed E-state index contributed by atoms with van der Waals surface area (Å²) in [7, 11) is 0. The van der Waals surface area contributed by atoms with Crippen molar-refractivity contribution in [3.63, 3.8) is 0 Å². The highest BCUT2D eigenvalue weighted by Crippen LogP contribution is 2.35. The maximum Gasteiger partial charge on any atom is 0.0537 e. The minimum Gasteiger partial charge on any atom is -0.310 e. The monoisotopic (exact) mass is 512 g/mol. The fourth-order valence-corrected chi connectivity index (χ4v) is 6.42. The minimum absolute atomic E-state index is 0.951. The van der Waals surface area contributed by atoms with Crippen molar-refractivity contribution in [2.45, 2.75) is 12.8 Å². The Hall–Kier alpha value is -5.08. The lowest BCUT2D eigenvalue weighted by Crippen LogP contribution is -1.98. The lowest BCUT2D eigenvalue weighted by molar-refractivity contribution is 1.08. The predicted molar refractivity (Wildman–Crippen MR) is 169 cm³/mol. The van der Waals surface area contributed by atoms with Gasteiger partial charge in [-0.15, -0.1) is 0 Å². The molecule has 2 aromatic heterocycles. The summed E-state index contributed by atoms with van der Waals surface area (Å²) >= 11 is 0. The molecule has 4 aromatic carbocycles. The van der Waals surface area contributed by atoms with Crippen molar-refractivity contribution in [3.8, 4) is 22.5 Å². The van der Waals surface area contributed by atoms with Gasteiger partial charge in [0, 0.05) is 22.1 Å². The molecule has 2 aliphatic carbocycles. The van der Waals surface area contributed by atoms with Crippen molar-refractivity contribution < 1.29 is 0 Å². The second-order valence-electron chi connectivity index (χ2n) is 10.5. The fraction of sp³-hybridized carbons (Fsp3) is 0.0526. The Bertz CT molecular complexity index is 1870. The maximum atomic E-state index is 2.40. The van der Waals surface area contributed by atoms with Crippen LogP contribution in [0.3, 0.4) is 0 Å². The lowest BCUT2D eigenvalue weighted by atomic mass is 10.0. The molecule has 8 rings (SSSR count). The molecule has 0 amide bonds. The number of para-hydroxylation sites is 2. The molecule has 0 atom stereocenters. The molecule has 0 radical (unpaired) electrons. The summed E-state index contributed by atoms with van der Waals surface area (Å²) < 4.78 is 4.79. The van der Waals surface area contributed by atoms with Gasteiger partial charge in [0.2, 0.25) is 0 Å². The average molecular weight is 513 g/mol. The number of nitrogens with zero attached hydrogens (tertiary/aromatic N) is 2. The van der Waals surface area contributed by atoms with E-state index in [0.29, 0.717) is 0 Å². The molecular formula is C38H28N2. The van der Waals surface area contributed by atoms with Gasteiger partial charge < -0.3 is 9.13 Å². The Morgan fingerprint density at radius 2 is 0.850 bits per heavy atom. The maximum absolute atomic E-state index is 2.40. The van der Waals surface area contributed by atoms with E-state index < -0.39 is 0 Å². The summed E-state index contributed by atoms with van der Waals surface area (Å²) in [6.45, 7) is 0.